The summed E-state index contributed by atoms with van der Waals surface area (Å²) in [5.74, 6) is 0.869. The van der Waals surface area contributed by atoms with Crippen molar-refractivity contribution in [2.24, 2.45) is 0 Å². The quantitative estimate of drug-likeness (QED) is 0.761. The fourth-order valence-electron chi connectivity index (χ4n) is 1.94. The highest BCUT2D eigenvalue weighted by Crippen LogP contribution is 2.10. The summed E-state index contributed by atoms with van der Waals surface area (Å²) in [7, 11) is 0. The SMILES string of the molecule is Cc1nc(NC(C)C(=O)NC(C)(C)C)cc2n[nH]c(=O)n12. The molecule has 0 saturated heterocycles. The number of hydrogen-bond acceptors (Lipinski definition) is 5. The number of amides is 1. The van der Waals surface area contributed by atoms with E-state index in [1.165, 1.54) is 4.40 Å². The average Bonchev–Trinajstić information content (AvgIpc) is 2.69. The molecule has 2 heterocycles. The summed E-state index contributed by atoms with van der Waals surface area (Å²) < 4.78 is 1.37. The molecule has 8 nitrogen and oxygen atoms in total. The van der Waals surface area contributed by atoms with Gasteiger partial charge in [-0.3, -0.25) is 4.79 Å². The molecule has 0 spiro atoms. The van der Waals surface area contributed by atoms with Crippen molar-refractivity contribution in [2.45, 2.75) is 46.2 Å². The summed E-state index contributed by atoms with van der Waals surface area (Å²) in [5, 5.41) is 12.2. The van der Waals surface area contributed by atoms with Crippen LogP contribution in [0.15, 0.2) is 10.9 Å². The minimum atomic E-state index is -0.454. The molecule has 1 amide bonds. The minimum Gasteiger partial charge on any atom is -0.358 e. The number of aryl methyl sites for hydroxylation is 1. The highest BCUT2D eigenvalue weighted by atomic mass is 16.2. The van der Waals surface area contributed by atoms with Gasteiger partial charge in [0.15, 0.2) is 5.65 Å². The van der Waals surface area contributed by atoms with Crippen molar-refractivity contribution in [2.75, 3.05) is 5.32 Å². The highest BCUT2D eigenvalue weighted by molar-refractivity contribution is 5.84. The topological polar surface area (TPSA) is 104 Å². The summed E-state index contributed by atoms with van der Waals surface area (Å²) in [5.41, 5.74) is -0.172. The zero-order valence-electron chi connectivity index (χ0n) is 12.8. The highest BCUT2D eigenvalue weighted by Gasteiger charge is 2.19. The van der Waals surface area contributed by atoms with Crippen molar-refractivity contribution in [1.29, 1.82) is 0 Å². The Morgan fingerprint density at radius 2 is 2.10 bits per heavy atom. The van der Waals surface area contributed by atoms with Crippen molar-refractivity contribution in [3.05, 3.63) is 22.4 Å². The van der Waals surface area contributed by atoms with Crippen LogP contribution in [0, 0.1) is 6.92 Å². The van der Waals surface area contributed by atoms with E-state index in [-0.39, 0.29) is 17.1 Å². The summed E-state index contributed by atoms with van der Waals surface area (Å²) in [6, 6.07) is 1.16. The first-order valence-electron chi connectivity index (χ1n) is 6.71. The summed E-state index contributed by atoms with van der Waals surface area (Å²) >= 11 is 0. The number of nitrogens with one attached hydrogen (secondary N) is 3. The number of carbonyl (C=O) groups is 1. The van der Waals surface area contributed by atoms with E-state index in [9.17, 15) is 9.59 Å². The van der Waals surface area contributed by atoms with Gasteiger partial charge in [0.05, 0.1) is 0 Å². The van der Waals surface area contributed by atoms with Gasteiger partial charge in [-0.2, -0.15) is 5.10 Å². The lowest BCUT2D eigenvalue weighted by molar-refractivity contribution is -0.122. The predicted octanol–water partition coefficient (Wildman–Crippen LogP) is 0.441. The molecule has 0 aliphatic carbocycles. The standard InChI is InChI=1S/C13H20N6O2/c1-7(11(20)16-13(3,4)5)14-9-6-10-17-18-12(21)19(10)8(2)15-9/h6-7,14H,1-5H3,(H,16,20)(H,18,21). The molecule has 0 saturated carbocycles. The van der Waals surface area contributed by atoms with E-state index in [1.54, 1.807) is 19.9 Å². The second-order valence-electron chi connectivity index (χ2n) is 6.02. The van der Waals surface area contributed by atoms with Crippen molar-refractivity contribution < 1.29 is 4.79 Å². The molecule has 114 valence electrons. The van der Waals surface area contributed by atoms with E-state index < -0.39 is 6.04 Å². The van der Waals surface area contributed by atoms with Crippen molar-refractivity contribution >= 4 is 17.4 Å². The lowest BCUT2D eigenvalue weighted by Gasteiger charge is -2.24. The van der Waals surface area contributed by atoms with Gasteiger partial charge in [-0.25, -0.2) is 19.3 Å². The van der Waals surface area contributed by atoms with Crippen LogP contribution in [-0.2, 0) is 4.79 Å². The van der Waals surface area contributed by atoms with Crippen LogP contribution in [0.25, 0.3) is 5.65 Å². The molecule has 0 aliphatic heterocycles. The lowest BCUT2D eigenvalue weighted by Crippen LogP contribution is -2.47. The van der Waals surface area contributed by atoms with E-state index >= 15 is 0 Å². The Balaban J connectivity index is 2.20. The monoisotopic (exact) mass is 292 g/mol. The van der Waals surface area contributed by atoms with Crippen molar-refractivity contribution in [3.63, 3.8) is 0 Å². The number of anilines is 1. The van der Waals surface area contributed by atoms with E-state index in [2.05, 4.69) is 25.8 Å². The molecule has 0 aromatic carbocycles. The van der Waals surface area contributed by atoms with Gasteiger partial charge in [-0.05, 0) is 34.6 Å². The van der Waals surface area contributed by atoms with Crippen molar-refractivity contribution in [1.82, 2.24) is 24.9 Å². The Morgan fingerprint density at radius 3 is 2.71 bits per heavy atom. The van der Waals surface area contributed by atoms with Crippen LogP contribution in [0.5, 0.6) is 0 Å². The first-order valence-corrected chi connectivity index (χ1v) is 6.71. The molecule has 0 radical (unpaired) electrons. The van der Waals surface area contributed by atoms with Gasteiger partial charge in [0.2, 0.25) is 5.91 Å². The summed E-state index contributed by atoms with van der Waals surface area (Å²) in [6.07, 6.45) is 0. The summed E-state index contributed by atoms with van der Waals surface area (Å²) in [6.45, 7) is 9.21. The molecule has 0 fully saturated rings. The Kier molecular flexibility index (Phi) is 3.71. The number of rotatable bonds is 3. The molecular formula is C13H20N6O2. The maximum atomic E-state index is 12.0. The molecule has 8 heteroatoms. The van der Waals surface area contributed by atoms with Gasteiger partial charge in [0, 0.05) is 11.6 Å². The van der Waals surface area contributed by atoms with Gasteiger partial charge in [-0.1, -0.05) is 0 Å². The van der Waals surface area contributed by atoms with Gasteiger partial charge in [0.1, 0.15) is 17.7 Å². The molecule has 2 rings (SSSR count). The van der Waals surface area contributed by atoms with Crippen LogP contribution < -0.4 is 16.3 Å². The first kappa shape index (κ1) is 15.0. The minimum absolute atomic E-state index is 0.124. The zero-order valence-corrected chi connectivity index (χ0v) is 12.8. The van der Waals surface area contributed by atoms with E-state index in [0.717, 1.165) is 0 Å². The van der Waals surface area contributed by atoms with Gasteiger partial charge < -0.3 is 10.6 Å². The van der Waals surface area contributed by atoms with Crippen LogP contribution in [0.4, 0.5) is 5.82 Å². The molecule has 1 unspecified atom stereocenters. The van der Waals surface area contributed by atoms with Gasteiger partial charge >= 0.3 is 5.69 Å². The largest absolute Gasteiger partial charge is 0.358 e. The third-order valence-corrected chi connectivity index (χ3v) is 2.83. The second kappa shape index (κ2) is 5.19. The number of aromatic nitrogens is 4. The molecule has 1 atom stereocenters. The average molecular weight is 292 g/mol. The Bertz CT molecular complexity index is 724. The number of carbonyl (C=O) groups excluding carboxylic acids is 1. The van der Waals surface area contributed by atoms with E-state index in [1.807, 2.05) is 20.8 Å². The molecule has 21 heavy (non-hydrogen) atoms. The van der Waals surface area contributed by atoms with Crippen LogP contribution >= 0.6 is 0 Å². The molecule has 2 aromatic rings. The van der Waals surface area contributed by atoms with E-state index in [0.29, 0.717) is 17.3 Å². The predicted molar refractivity (Wildman–Crippen MR) is 79.3 cm³/mol. The number of nitrogens with zero attached hydrogens (tertiary/aromatic N) is 3. The maximum absolute atomic E-state index is 12.0. The smallest absolute Gasteiger partial charge is 0.349 e. The molecule has 2 aromatic heterocycles. The number of aromatic amines is 1. The number of H-pyrrole nitrogens is 1. The van der Waals surface area contributed by atoms with Crippen LogP contribution in [0.2, 0.25) is 0 Å². The summed E-state index contributed by atoms with van der Waals surface area (Å²) in [4.78, 5) is 27.8. The number of fused-ring (bicyclic) bond motifs is 1. The third-order valence-electron chi connectivity index (χ3n) is 2.83. The van der Waals surface area contributed by atoms with Crippen molar-refractivity contribution in [3.8, 4) is 0 Å². The number of hydrogen-bond donors (Lipinski definition) is 3. The Hall–Kier alpha value is -2.38. The molecule has 3 N–H and O–H groups in total. The fourth-order valence-corrected chi connectivity index (χ4v) is 1.94. The Labute approximate surface area is 122 Å². The molecule has 0 bridgehead atoms. The second-order valence-corrected chi connectivity index (χ2v) is 6.02. The van der Waals surface area contributed by atoms with Crippen LogP contribution in [0.3, 0.4) is 0 Å². The third kappa shape index (κ3) is 3.39. The normalized spacial score (nSPS) is 13.2. The zero-order chi connectivity index (χ0) is 15.8. The molecular weight excluding hydrogens is 272 g/mol. The van der Waals surface area contributed by atoms with Gasteiger partial charge in [-0.15, -0.1) is 0 Å². The van der Waals surface area contributed by atoms with E-state index in [4.69, 9.17) is 0 Å². The fraction of sp³-hybridized carbons (Fsp3) is 0.538. The van der Waals surface area contributed by atoms with Crippen LogP contribution in [0.1, 0.15) is 33.5 Å². The first-order chi connectivity index (χ1) is 9.67. The maximum Gasteiger partial charge on any atom is 0.349 e. The van der Waals surface area contributed by atoms with Gasteiger partial charge in [0.25, 0.3) is 0 Å². The molecule has 0 aliphatic rings. The lowest BCUT2D eigenvalue weighted by atomic mass is 10.1. The Morgan fingerprint density at radius 1 is 1.43 bits per heavy atom. The van der Waals surface area contributed by atoms with Crippen LogP contribution in [-0.4, -0.2) is 37.1 Å².